The topological polar surface area (TPSA) is 55.0 Å². The fraction of sp³-hybridized carbons (Fsp3) is 0.333. The lowest BCUT2D eigenvalue weighted by atomic mass is 9.93. The summed E-state index contributed by atoms with van der Waals surface area (Å²) < 4.78 is 11.3. The molecule has 2 saturated heterocycles. The van der Waals surface area contributed by atoms with Crippen LogP contribution in [-0.4, -0.2) is 35.2 Å². The Bertz CT molecular complexity index is 692. The summed E-state index contributed by atoms with van der Waals surface area (Å²) in [7, 11) is 0. The molecule has 4 rings (SSSR count). The zero-order valence-corrected chi connectivity index (χ0v) is 12.7. The summed E-state index contributed by atoms with van der Waals surface area (Å²) in [5.41, 5.74) is 1.66. The number of ether oxygens (including phenoxy) is 2. The molecule has 118 valence electrons. The zero-order valence-electron chi connectivity index (χ0n) is 12.7. The Hall–Kier alpha value is -2.40. The summed E-state index contributed by atoms with van der Waals surface area (Å²) in [5, 5.41) is 0. The van der Waals surface area contributed by atoms with Gasteiger partial charge in [0.2, 0.25) is 0 Å². The van der Waals surface area contributed by atoms with Crippen molar-refractivity contribution in [2.24, 2.45) is 0 Å². The number of hydrogen-bond donors (Lipinski definition) is 0. The molecule has 1 aromatic heterocycles. The number of nitrogens with zero attached hydrogens (tertiary/aromatic N) is 2. The van der Waals surface area contributed by atoms with Gasteiger partial charge in [0.25, 0.3) is 0 Å². The van der Waals surface area contributed by atoms with Gasteiger partial charge in [0.15, 0.2) is 0 Å². The van der Waals surface area contributed by atoms with Crippen molar-refractivity contribution in [1.82, 2.24) is 9.88 Å². The summed E-state index contributed by atoms with van der Waals surface area (Å²) in [6, 6.07) is 15.6. The van der Waals surface area contributed by atoms with E-state index in [-0.39, 0.29) is 17.8 Å². The molecule has 2 aromatic rings. The van der Waals surface area contributed by atoms with E-state index in [2.05, 4.69) is 4.98 Å². The Balaban J connectivity index is 1.34. The van der Waals surface area contributed by atoms with Crippen LogP contribution in [0.15, 0.2) is 54.7 Å². The van der Waals surface area contributed by atoms with Crippen molar-refractivity contribution in [3.63, 3.8) is 0 Å². The van der Waals surface area contributed by atoms with Crippen molar-refractivity contribution in [1.29, 1.82) is 0 Å². The number of rotatable bonds is 3. The monoisotopic (exact) mass is 310 g/mol. The van der Waals surface area contributed by atoms with E-state index in [1.54, 1.807) is 11.1 Å². The van der Waals surface area contributed by atoms with Gasteiger partial charge in [0.1, 0.15) is 18.3 Å². The molecule has 2 aliphatic rings. The Morgan fingerprint density at radius 1 is 1.26 bits per heavy atom. The van der Waals surface area contributed by atoms with E-state index >= 15 is 0 Å². The fourth-order valence-electron chi connectivity index (χ4n) is 3.16. The second kappa shape index (κ2) is 5.66. The van der Waals surface area contributed by atoms with Crippen LogP contribution < -0.4 is 0 Å². The van der Waals surface area contributed by atoms with Crippen molar-refractivity contribution in [3.8, 4) is 0 Å². The molecular weight excluding hydrogens is 292 g/mol. The van der Waals surface area contributed by atoms with Crippen LogP contribution >= 0.6 is 0 Å². The van der Waals surface area contributed by atoms with Crippen LogP contribution in [0.2, 0.25) is 0 Å². The highest BCUT2D eigenvalue weighted by Gasteiger charge is 2.61. The molecular formula is C18H18N2O3. The number of piperidine rings is 1. The molecule has 3 heterocycles. The number of aromatic nitrogens is 1. The number of hydrogen-bond acceptors (Lipinski definition) is 4. The van der Waals surface area contributed by atoms with Crippen LogP contribution in [0, 0.1) is 0 Å². The van der Waals surface area contributed by atoms with E-state index in [0.717, 1.165) is 17.7 Å². The molecule has 1 amide bonds. The highest BCUT2D eigenvalue weighted by atomic mass is 16.6. The third kappa shape index (κ3) is 2.68. The van der Waals surface area contributed by atoms with Gasteiger partial charge in [-0.3, -0.25) is 4.98 Å². The van der Waals surface area contributed by atoms with Crippen LogP contribution in [0.5, 0.6) is 0 Å². The van der Waals surface area contributed by atoms with Crippen LogP contribution in [0.1, 0.15) is 17.7 Å². The minimum absolute atomic E-state index is 0.0235. The average Bonchev–Trinajstić information content (AvgIpc) is 3.36. The average molecular weight is 310 g/mol. The van der Waals surface area contributed by atoms with Gasteiger partial charge in [-0.2, -0.15) is 0 Å². The summed E-state index contributed by atoms with van der Waals surface area (Å²) in [4.78, 5) is 18.3. The first-order valence-corrected chi connectivity index (χ1v) is 7.83. The quantitative estimate of drug-likeness (QED) is 0.818. The molecule has 0 bridgehead atoms. The molecule has 5 nitrogen and oxygen atoms in total. The van der Waals surface area contributed by atoms with Gasteiger partial charge >= 0.3 is 6.09 Å². The zero-order chi connectivity index (χ0) is 15.7. The molecule has 2 aliphatic heterocycles. The molecule has 2 atom stereocenters. The lowest BCUT2D eigenvalue weighted by Crippen LogP contribution is -2.42. The van der Waals surface area contributed by atoms with Gasteiger partial charge in [-0.25, -0.2) is 4.79 Å². The van der Waals surface area contributed by atoms with Gasteiger partial charge in [-0.15, -0.1) is 0 Å². The molecule has 0 radical (unpaired) electrons. The van der Waals surface area contributed by atoms with Crippen molar-refractivity contribution in [2.75, 3.05) is 13.1 Å². The number of carbonyl (C=O) groups excluding carboxylic acids is 1. The van der Waals surface area contributed by atoms with Crippen LogP contribution in [0.4, 0.5) is 4.79 Å². The van der Waals surface area contributed by atoms with E-state index in [1.165, 1.54) is 0 Å². The van der Waals surface area contributed by atoms with E-state index in [4.69, 9.17) is 9.47 Å². The molecule has 0 N–H and O–H groups in total. The predicted molar refractivity (Wildman–Crippen MR) is 83.6 cm³/mol. The number of carbonyl (C=O) groups is 1. The first-order valence-electron chi connectivity index (χ1n) is 7.83. The Labute approximate surface area is 134 Å². The predicted octanol–water partition coefficient (Wildman–Crippen LogP) is 2.72. The highest BCUT2D eigenvalue weighted by Crippen LogP contribution is 2.51. The smallest absolute Gasteiger partial charge is 0.410 e. The molecule has 2 unspecified atom stereocenters. The van der Waals surface area contributed by atoms with Crippen LogP contribution in [0.3, 0.4) is 0 Å². The van der Waals surface area contributed by atoms with Gasteiger partial charge < -0.3 is 14.4 Å². The Morgan fingerprint density at radius 3 is 2.83 bits per heavy atom. The molecule has 0 spiro atoms. The van der Waals surface area contributed by atoms with Crippen molar-refractivity contribution in [3.05, 3.63) is 66.0 Å². The minimum Gasteiger partial charge on any atom is -0.445 e. The molecule has 2 fully saturated rings. The maximum atomic E-state index is 12.2. The third-order valence-electron chi connectivity index (χ3n) is 4.52. The number of pyridine rings is 1. The first-order chi connectivity index (χ1) is 11.3. The van der Waals surface area contributed by atoms with Gasteiger partial charge in [-0.1, -0.05) is 36.4 Å². The fourth-order valence-corrected chi connectivity index (χ4v) is 3.16. The van der Waals surface area contributed by atoms with Crippen LogP contribution in [0.25, 0.3) is 0 Å². The highest BCUT2D eigenvalue weighted by molar-refractivity contribution is 5.68. The van der Waals surface area contributed by atoms with E-state index in [0.29, 0.717) is 19.7 Å². The normalized spacial score (nSPS) is 25.6. The van der Waals surface area contributed by atoms with Gasteiger partial charge in [-0.05, 0) is 17.7 Å². The number of epoxide rings is 1. The molecule has 1 aromatic carbocycles. The summed E-state index contributed by atoms with van der Waals surface area (Å²) in [6.45, 7) is 1.48. The van der Waals surface area contributed by atoms with Gasteiger partial charge in [0, 0.05) is 19.2 Å². The molecule has 0 aliphatic carbocycles. The number of fused-ring (bicyclic) bond motifs is 1. The molecule has 0 saturated carbocycles. The number of benzene rings is 1. The minimum atomic E-state index is -0.294. The van der Waals surface area contributed by atoms with Crippen molar-refractivity contribution in [2.45, 2.75) is 24.7 Å². The first kappa shape index (κ1) is 14.2. The van der Waals surface area contributed by atoms with E-state index < -0.39 is 0 Å². The maximum Gasteiger partial charge on any atom is 0.410 e. The third-order valence-corrected chi connectivity index (χ3v) is 4.52. The maximum absolute atomic E-state index is 12.2. The van der Waals surface area contributed by atoms with Crippen molar-refractivity contribution >= 4 is 6.09 Å². The molecule has 5 heteroatoms. The Morgan fingerprint density at radius 2 is 2.09 bits per heavy atom. The molecule has 23 heavy (non-hydrogen) atoms. The van der Waals surface area contributed by atoms with Gasteiger partial charge in [0.05, 0.1) is 12.2 Å². The van der Waals surface area contributed by atoms with E-state index in [1.807, 2.05) is 48.5 Å². The number of amides is 1. The van der Waals surface area contributed by atoms with Crippen molar-refractivity contribution < 1.29 is 14.3 Å². The van der Waals surface area contributed by atoms with E-state index in [9.17, 15) is 4.79 Å². The largest absolute Gasteiger partial charge is 0.445 e. The Kier molecular flexibility index (Phi) is 3.50. The standard InChI is InChI=1S/C18H18N2O3/c21-17(22-13-14-6-2-1-3-7-14)20-11-9-18(16(12-20)23-18)15-8-4-5-10-19-15/h1-8,10,16H,9,11-13H2. The summed E-state index contributed by atoms with van der Waals surface area (Å²) in [5.74, 6) is 0. The second-order valence-corrected chi connectivity index (χ2v) is 5.95. The van der Waals surface area contributed by atoms with Crippen LogP contribution in [-0.2, 0) is 21.7 Å². The lowest BCUT2D eigenvalue weighted by molar-refractivity contribution is 0.0894. The summed E-state index contributed by atoms with van der Waals surface area (Å²) >= 11 is 0. The second-order valence-electron chi connectivity index (χ2n) is 5.95. The lowest BCUT2D eigenvalue weighted by Gasteiger charge is -2.27. The summed E-state index contributed by atoms with van der Waals surface area (Å²) in [6.07, 6.45) is 2.28. The number of likely N-dealkylation sites (tertiary alicyclic amines) is 1. The SMILES string of the molecule is O=C(OCc1ccccc1)N1CCC2(c3ccccn3)OC2C1.